The summed E-state index contributed by atoms with van der Waals surface area (Å²) in [5.41, 5.74) is 8.69. The number of carboxylic acids is 3. The summed E-state index contributed by atoms with van der Waals surface area (Å²) < 4.78 is 63.5. The number of aliphatic carboxylic acids is 2. The van der Waals surface area contributed by atoms with Gasteiger partial charge in [-0.05, 0) is 86.0 Å². The Kier molecular flexibility index (Phi) is 13.7. The third-order valence-corrected chi connectivity index (χ3v) is 10.4. The SMILES string of the molecule is CN1CCN(c2cccc3c2CCN(C(=O)C2CC4(CCN(C(=N)N)CC4)C2)C3C(=O)Nc2ccc(C(=O)O)cc2)C(=O)C1.O=C(O)C(F)(F)F.O=C(O)C(F)(F)F. The number of benzene rings is 2. The second kappa shape index (κ2) is 17.7. The number of alkyl halides is 6. The molecule has 0 bridgehead atoms. The second-order valence-corrected chi connectivity index (χ2v) is 14.3. The Morgan fingerprint density at radius 1 is 0.845 bits per heavy atom. The number of likely N-dealkylation sites (tertiary alicyclic amines) is 1. The van der Waals surface area contributed by atoms with Crippen molar-refractivity contribution in [1.82, 2.24) is 14.7 Å². The summed E-state index contributed by atoms with van der Waals surface area (Å²) in [5, 5.41) is 34.1. The first-order valence-corrected chi connectivity index (χ1v) is 17.7. The van der Waals surface area contributed by atoms with Crippen molar-refractivity contribution in [2.75, 3.05) is 56.5 Å². The standard InChI is InChI=1S/C32H39N7O5.2C2HF3O2/c1-36-15-16-38(26(40)19-36)25-4-2-3-24-23(25)9-12-39(27(24)28(41)35-22-7-5-20(6-8-22)30(43)44)29(42)21-17-32(18-21)10-13-37(14-11-32)31(33)34;2*3-2(4,5)1(6)7/h2-8,21,27H,9-19H2,1H3,(H3,33,34)(H,35,41)(H,43,44);2*(H,6,7). The topological polar surface area (TPSA) is 238 Å². The van der Waals surface area contributed by atoms with Crippen LogP contribution in [0.15, 0.2) is 42.5 Å². The number of hydrogen-bond acceptors (Lipinski definition) is 8. The zero-order chi connectivity index (χ0) is 43.3. The van der Waals surface area contributed by atoms with Gasteiger partial charge in [-0.1, -0.05) is 12.1 Å². The van der Waals surface area contributed by atoms with E-state index in [4.69, 9.17) is 30.9 Å². The number of amides is 3. The van der Waals surface area contributed by atoms with Gasteiger partial charge in [-0.25, -0.2) is 14.4 Å². The van der Waals surface area contributed by atoms with E-state index in [1.807, 2.05) is 35.0 Å². The van der Waals surface area contributed by atoms with Crippen LogP contribution in [0.25, 0.3) is 0 Å². The average molecular weight is 830 g/mol. The average Bonchev–Trinajstić information content (AvgIpc) is 3.13. The largest absolute Gasteiger partial charge is 0.490 e. The number of aromatic carboxylic acids is 1. The lowest BCUT2D eigenvalue weighted by Crippen LogP contribution is -2.55. The minimum Gasteiger partial charge on any atom is -0.478 e. The van der Waals surface area contributed by atoms with Gasteiger partial charge in [-0.2, -0.15) is 26.3 Å². The molecule has 1 aliphatic carbocycles. The van der Waals surface area contributed by atoms with E-state index >= 15 is 0 Å². The van der Waals surface area contributed by atoms with Crippen LogP contribution >= 0.6 is 0 Å². The van der Waals surface area contributed by atoms with E-state index < -0.39 is 36.3 Å². The van der Waals surface area contributed by atoms with Crippen molar-refractivity contribution in [2.24, 2.45) is 17.1 Å². The molecule has 3 amide bonds. The molecular formula is C36H41F6N7O9. The number of carboxylic acid groups (broad SMARTS) is 3. The fraction of sp³-hybridized carbons (Fsp3) is 0.472. The fourth-order valence-electron chi connectivity index (χ4n) is 7.40. The smallest absolute Gasteiger partial charge is 0.478 e. The highest BCUT2D eigenvalue weighted by Crippen LogP contribution is 2.54. The Bertz CT molecular complexity index is 1890. The molecule has 1 spiro atoms. The van der Waals surface area contributed by atoms with Crippen LogP contribution in [0.5, 0.6) is 0 Å². The number of rotatable bonds is 5. The second-order valence-electron chi connectivity index (χ2n) is 14.3. The number of likely N-dealkylation sites (N-methyl/N-ethyl adjacent to an activating group) is 1. The maximum Gasteiger partial charge on any atom is 0.490 e. The van der Waals surface area contributed by atoms with Gasteiger partial charge in [-0.3, -0.25) is 24.7 Å². The Morgan fingerprint density at radius 3 is 1.88 bits per heavy atom. The maximum absolute atomic E-state index is 14.1. The summed E-state index contributed by atoms with van der Waals surface area (Å²) in [6, 6.07) is 10.7. The van der Waals surface area contributed by atoms with Gasteiger partial charge in [0.15, 0.2) is 5.96 Å². The van der Waals surface area contributed by atoms with Crippen molar-refractivity contribution in [3.05, 3.63) is 59.2 Å². The van der Waals surface area contributed by atoms with Gasteiger partial charge >= 0.3 is 30.3 Å². The summed E-state index contributed by atoms with van der Waals surface area (Å²) in [5.74, 6) is -7.10. The Morgan fingerprint density at radius 2 is 1.40 bits per heavy atom. The van der Waals surface area contributed by atoms with Crippen molar-refractivity contribution in [3.63, 3.8) is 0 Å². The number of carbonyl (C=O) groups is 6. The molecular weight excluding hydrogens is 788 g/mol. The molecule has 0 radical (unpaired) electrons. The summed E-state index contributed by atoms with van der Waals surface area (Å²) >= 11 is 0. The van der Waals surface area contributed by atoms with Gasteiger partial charge in [0, 0.05) is 50.0 Å². The molecule has 58 heavy (non-hydrogen) atoms. The predicted molar refractivity (Wildman–Crippen MR) is 192 cm³/mol. The first-order valence-electron chi connectivity index (χ1n) is 17.7. The van der Waals surface area contributed by atoms with Crippen LogP contribution in [0.1, 0.15) is 53.2 Å². The number of piperazine rings is 1. The Hall–Kier alpha value is -5.93. The van der Waals surface area contributed by atoms with Gasteiger partial charge < -0.3 is 41.1 Å². The first-order chi connectivity index (χ1) is 26.9. The predicted octanol–water partition coefficient (Wildman–Crippen LogP) is 3.38. The number of halogens is 6. The number of piperidine rings is 1. The molecule has 3 aliphatic heterocycles. The highest BCUT2D eigenvalue weighted by atomic mass is 19.4. The summed E-state index contributed by atoms with van der Waals surface area (Å²) in [6.45, 7) is 3.39. The Labute approximate surface area is 326 Å². The van der Waals surface area contributed by atoms with Crippen molar-refractivity contribution >= 4 is 53.0 Å². The molecule has 3 fully saturated rings. The molecule has 3 heterocycles. The lowest BCUT2D eigenvalue weighted by molar-refractivity contribution is -0.193. The van der Waals surface area contributed by atoms with E-state index in [2.05, 4.69) is 5.32 Å². The molecule has 1 atom stereocenters. The van der Waals surface area contributed by atoms with E-state index in [1.165, 1.54) is 12.1 Å². The summed E-state index contributed by atoms with van der Waals surface area (Å²) in [4.78, 5) is 77.6. The molecule has 316 valence electrons. The third-order valence-electron chi connectivity index (χ3n) is 10.4. The summed E-state index contributed by atoms with van der Waals surface area (Å²) in [6.07, 6.45) is -6.36. The zero-order valence-corrected chi connectivity index (χ0v) is 30.9. The molecule has 2 aromatic rings. The maximum atomic E-state index is 14.1. The van der Waals surface area contributed by atoms with Gasteiger partial charge in [0.25, 0.3) is 5.91 Å². The number of nitrogens with zero attached hydrogens (tertiary/aromatic N) is 4. The van der Waals surface area contributed by atoms with Crippen molar-refractivity contribution in [2.45, 2.75) is 50.5 Å². The molecule has 7 N–H and O–H groups in total. The molecule has 1 saturated carbocycles. The van der Waals surface area contributed by atoms with E-state index in [0.29, 0.717) is 50.4 Å². The number of guanidine groups is 1. The van der Waals surface area contributed by atoms with Crippen molar-refractivity contribution < 1.29 is 70.4 Å². The molecule has 2 saturated heterocycles. The lowest BCUT2D eigenvalue weighted by atomic mass is 9.57. The fourth-order valence-corrected chi connectivity index (χ4v) is 7.40. The molecule has 22 heteroatoms. The molecule has 1 unspecified atom stereocenters. The van der Waals surface area contributed by atoms with Gasteiger partial charge in [0.05, 0.1) is 12.1 Å². The monoisotopic (exact) mass is 829 g/mol. The number of anilines is 2. The normalized spacial score (nSPS) is 19.3. The van der Waals surface area contributed by atoms with Crippen LogP contribution < -0.4 is 16.0 Å². The van der Waals surface area contributed by atoms with Crippen LogP contribution in [0.2, 0.25) is 0 Å². The Balaban J connectivity index is 0.000000456. The number of nitrogens with two attached hydrogens (primary N) is 1. The third kappa shape index (κ3) is 10.7. The number of carbonyl (C=O) groups excluding carboxylic acids is 3. The van der Waals surface area contributed by atoms with Gasteiger partial charge in [0.1, 0.15) is 6.04 Å². The quantitative estimate of drug-likeness (QED) is 0.145. The highest BCUT2D eigenvalue weighted by molar-refractivity contribution is 6.01. The minimum atomic E-state index is -5.08. The van der Waals surface area contributed by atoms with E-state index in [1.54, 1.807) is 21.9 Å². The van der Waals surface area contributed by atoms with E-state index in [0.717, 1.165) is 43.5 Å². The van der Waals surface area contributed by atoms with Crippen molar-refractivity contribution in [3.8, 4) is 0 Å². The molecule has 2 aromatic carbocycles. The number of fused-ring (bicyclic) bond motifs is 1. The molecule has 0 aromatic heterocycles. The first kappa shape index (κ1) is 44.8. The highest BCUT2D eigenvalue weighted by Gasteiger charge is 2.51. The number of hydrogen-bond donors (Lipinski definition) is 6. The lowest BCUT2D eigenvalue weighted by Gasteiger charge is -2.53. The van der Waals surface area contributed by atoms with Gasteiger partial charge in [-0.15, -0.1) is 0 Å². The number of nitrogens with one attached hydrogen (secondary N) is 2. The van der Waals surface area contributed by atoms with Crippen molar-refractivity contribution in [1.29, 1.82) is 5.41 Å². The zero-order valence-electron chi connectivity index (χ0n) is 30.9. The molecule has 4 aliphatic rings. The van der Waals surface area contributed by atoms with Crippen LogP contribution in [0.3, 0.4) is 0 Å². The van der Waals surface area contributed by atoms with Crippen LogP contribution in [-0.2, 0) is 30.4 Å². The molecule has 6 rings (SSSR count). The molecule has 16 nitrogen and oxygen atoms in total. The van der Waals surface area contributed by atoms with E-state index in [9.17, 15) is 50.6 Å². The van der Waals surface area contributed by atoms with Crippen LogP contribution in [0.4, 0.5) is 37.7 Å². The minimum absolute atomic E-state index is 0.000708. The van der Waals surface area contributed by atoms with Crippen LogP contribution in [0, 0.1) is 16.7 Å². The van der Waals surface area contributed by atoms with Crippen LogP contribution in [-0.4, -0.2) is 130 Å². The van der Waals surface area contributed by atoms with Gasteiger partial charge in [0.2, 0.25) is 11.8 Å². The van der Waals surface area contributed by atoms with E-state index in [-0.39, 0.29) is 40.6 Å². The summed E-state index contributed by atoms with van der Waals surface area (Å²) in [7, 11) is 1.92.